The Morgan fingerprint density at radius 1 is 1.13 bits per heavy atom. The standard InChI is InChI=1S/C5H2F3N5O2/c6-5(7,8)4-10-3(14-13-4)1-2(9)12-15-11-1/h(H2,9,12). The summed E-state index contributed by atoms with van der Waals surface area (Å²) in [5.74, 6) is -2.15. The molecule has 80 valence electrons. The van der Waals surface area contributed by atoms with Crippen LogP contribution in [0.4, 0.5) is 19.0 Å². The Balaban J connectivity index is 2.41. The molecular weight excluding hydrogens is 219 g/mol. The molecule has 2 heterocycles. The second kappa shape index (κ2) is 2.93. The van der Waals surface area contributed by atoms with Gasteiger partial charge >= 0.3 is 6.18 Å². The lowest BCUT2D eigenvalue weighted by Crippen LogP contribution is -2.07. The molecule has 0 spiro atoms. The van der Waals surface area contributed by atoms with Crippen molar-refractivity contribution in [2.45, 2.75) is 6.18 Å². The van der Waals surface area contributed by atoms with Crippen LogP contribution in [-0.2, 0) is 6.18 Å². The third-order valence-electron chi connectivity index (χ3n) is 1.40. The van der Waals surface area contributed by atoms with Crippen molar-refractivity contribution in [3.63, 3.8) is 0 Å². The van der Waals surface area contributed by atoms with Crippen LogP contribution in [0.2, 0.25) is 0 Å². The van der Waals surface area contributed by atoms with Crippen LogP contribution in [0.15, 0.2) is 9.15 Å². The third-order valence-corrected chi connectivity index (χ3v) is 1.40. The van der Waals surface area contributed by atoms with Crippen molar-refractivity contribution in [1.82, 2.24) is 20.5 Å². The summed E-state index contributed by atoms with van der Waals surface area (Å²) in [4.78, 5) is 3.04. The van der Waals surface area contributed by atoms with Crippen LogP contribution in [0, 0.1) is 0 Å². The van der Waals surface area contributed by atoms with Gasteiger partial charge in [0.05, 0.1) is 0 Å². The van der Waals surface area contributed by atoms with Crippen LogP contribution in [0.1, 0.15) is 5.82 Å². The summed E-state index contributed by atoms with van der Waals surface area (Å²) in [5, 5.41) is 9.06. The summed E-state index contributed by atoms with van der Waals surface area (Å²) in [6, 6.07) is 0. The number of hydrogen-bond donors (Lipinski definition) is 1. The predicted octanol–water partition coefficient (Wildman–Crippen LogP) is 0.721. The van der Waals surface area contributed by atoms with Gasteiger partial charge < -0.3 is 10.3 Å². The smallest absolute Gasteiger partial charge is 0.379 e. The fourth-order valence-electron chi connectivity index (χ4n) is 0.779. The molecule has 7 nitrogen and oxygen atoms in total. The molecule has 0 saturated heterocycles. The minimum atomic E-state index is -4.69. The molecule has 0 fully saturated rings. The van der Waals surface area contributed by atoms with Gasteiger partial charge in [0, 0.05) is 0 Å². The maximum absolute atomic E-state index is 12.1. The van der Waals surface area contributed by atoms with Crippen LogP contribution < -0.4 is 5.73 Å². The Morgan fingerprint density at radius 2 is 1.87 bits per heavy atom. The number of rotatable bonds is 1. The zero-order chi connectivity index (χ0) is 11.1. The molecule has 0 radical (unpaired) electrons. The average molecular weight is 221 g/mol. The monoisotopic (exact) mass is 221 g/mol. The van der Waals surface area contributed by atoms with Gasteiger partial charge in [-0.2, -0.15) is 18.2 Å². The van der Waals surface area contributed by atoms with E-state index in [9.17, 15) is 13.2 Å². The first kappa shape index (κ1) is 9.43. The molecule has 10 heteroatoms. The van der Waals surface area contributed by atoms with Crippen LogP contribution in [0.25, 0.3) is 11.6 Å². The molecule has 0 saturated carbocycles. The van der Waals surface area contributed by atoms with E-state index in [4.69, 9.17) is 5.73 Å². The summed E-state index contributed by atoms with van der Waals surface area (Å²) in [7, 11) is 0. The predicted molar refractivity (Wildman–Crippen MR) is 37.0 cm³/mol. The number of hydrogen-bond acceptors (Lipinski definition) is 7. The summed E-state index contributed by atoms with van der Waals surface area (Å²) >= 11 is 0. The topological polar surface area (TPSA) is 104 Å². The Morgan fingerprint density at radius 3 is 2.33 bits per heavy atom. The number of nitrogens with zero attached hydrogens (tertiary/aromatic N) is 4. The Bertz CT molecular complexity index is 475. The van der Waals surface area contributed by atoms with E-state index >= 15 is 0 Å². The molecule has 2 aromatic rings. The van der Waals surface area contributed by atoms with Crippen molar-refractivity contribution in [2.75, 3.05) is 5.73 Å². The zero-order valence-electron chi connectivity index (χ0n) is 6.82. The highest BCUT2D eigenvalue weighted by Crippen LogP contribution is 2.29. The quantitative estimate of drug-likeness (QED) is 0.756. The number of alkyl halides is 3. The van der Waals surface area contributed by atoms with Gasteiger partial charge in [-0.3, -0.25) is 0 Å². The molecule has 2 rings (SSSR count). The fraction of sp³-hybridized carbons (Fsp3) is 0.200. The van der Waals surface area contributed by atoms with Crippen LogP contribution in [-0.4, -0.2) is 20.5 Å². The number of halogens is 3. The normalized spacial score (nSPS) is 11.9. The van der Waals surface area contributed by atoms with Gasteiger partial charge in [0.2, 0.25) is 11.5 Å². The number of aromatic nitrogens is 4. The molecule has 2 N–H and O–H groups in total. The highest BCUT2D eigenvalue weighted by molar-refractivity contribution is 5.60. The summed E-state index contributed by atoms with van der Waals surface area (Å²) in [6.45, 7) is 0. The maximum atomic E-state index is 12.1. The van der Waals surface area contributed by atoms with Crippen molar-refractivity contribution >= 4 is 5.82 Å². The minimum Gasteiger partial charge on any atom is -0.379 e. The number of nitrogen functional groups attached to an aromatic ring is 1. The van der Waals surface area contributed by atoms with E-state index in [0.717, 1.165) is 0 Å². The van der Waals surface area contributed by atoms with Gasteiger partial charge in [-0.1, -0.05) is 5.16 Å². The van der Waals surface area contributed by atoms with Crippen molar-refractivity contribution < 1.29 is 22.3 Å². The molecule has 0 amide bonds. The zero-order valence-corrected chi connectivity index (χ0v) is 6.82. The van der Waals surface area contributed by atoms with Crippen molar-refractivity contribution in [3.05, 3.63) is 5.82 Å². The number of anilines is 1. The maximum Gasteiger partial charge on any atom is 0.455 e. The minimum absolute atomic E-state index is 0.224. The summed E-state index contributed by atoms with van der Waals surface area (Å²) in [6.07, 6.45) is -4.69. The largest absolute Gasteiger partial charge is 0.455 e. The molecule has 0 aliphatic carbocycles. The third kappa shape index (κ3) is 1.60. The second-order valence-corrected chi connectivity index (χ2v) is 2.42. The molecule has 0 aliphatic heterocycles. The second-order valence-electron chi connectivity index (χ2n) is 2.42. The van der Waals surface area contributed by atoms with Crippen LogP contribution in [0.3, 0.4) is 0 Å². The van der Waals surface area contributed by atoms with Crippen molar-refractivity contribution in [3.8, 4) is 11.6 Å². The van der Waals surface area contributed by atoms with Gasteiger partial charge in [0.1, 0.15) is 0 Å². The van der Waals surface area contributed by atoms with Crippen LogP contribution in [0.5, 0.6) is 0 Å². The first-order valence-electron chi connectivity index (χ1n) is 3.48. The Labute approximate surface area is 79.0 Å². The average Bonchev–Trinajstić information content (AvgIpc) is 2.69. The highest BCUT2D eigenvalue weighted by atomic mass is 19.4. The first-order chi connectivity index (χ1) is 6.98. The highest BCUT2D eigenvalue weighted by Gasteiger charge is 2.38. The van der Waals surface area contributed by atoms with E-state index in [0.29, 0.717) is 0 Å². The van der Waals surface area contributed by atoms with E-state index in [1.54, 1.807) is 0 Å². The van der Waals surface area contributed by atoms with Gasteiger partial charge in [-0.15, -0.1) is 0 Å². The molecule has 0 unspecified atom stereocenters. The van der Waals surface area contributed by atoms with Crippen molar-refractivity contribution in [2.24, 2.45) is 0 Å². The van der Waals surface area contributed by atoms with E-state index in [1.807, 2.05) is 0 Å². The first-order valence-corrected chi connectivity index (χ1v) is 3.48. The van der Waals surface area contributed by atoms with E-state index in [-0.39, 0.29) is 11.5 Å². The molecule has 2 aromatic heterocycles. The van der Waals surface area contributed by atoms with Gasteiger partial charge in [0.25, 0.3) is 11.7 Å². The molecule has 0 aliphatic rings. The lowest BCUT2D eigenvalue weighted by Gasteiger charge is -1.95. The SMILES string of the molecule is Nc1nonc1-c1nc(C(F)(F)F)no1. The lowest BCUT2D eigenvalue weighted by molar-refractivity contribution is -0.146. The summed E-state index contributed by atoms with van der Waals surface area (Å²) in [5.41, 5.74) is 4.99. The Hall–Kier alpha value is -2.13. The van der Waals surface area contributed by atoms with E-state index in [1.165, 1.54) is 0 Å². The number of nitrogens with two attached hydrogens (primary N) is 1. The van der Waals surface area contributed by atoms with Gasteiger partial charge in [-0.05, 0) is 10.3 Å². The molecule has 15 heavy (non-hydrogen) atoms. The molecule has 0 aromatic carbocycles. The van der Waals surface area contributed by atoms with Gasteiger partial charge in [0.15, 0.2) is 0 Å². The fourth-order valence-corrected chi connectivity index (χ4v) is 0.779. The van der Waals surface area contributed by atoms with Crippen molar-refractivity contribution in [1.29, 1.82) is 0 Å². The molecule has 0 atom stereocenters. The van der Waals surface area contributed by atoms with E-state index in [2.05, 4.69) is 29.6 Å². The molecule has 0 bridgehead atoms. The van der Waals surface area contributed by atoms with E-state index < -0.39 is 17.9 Å². The summed E-state index contributed by atoms with van der Waals surface area (Å²) < 4.78 is 44.7. The molecular formula is C5H2F3N5O2. The lowest BCUT2D eigenvalue weighted by atomic mass is 10.4. The van der Waals surface area contributed by atoms with Gasteiger partial charge in [-0.25, -0.2) is 4.63 Å². The Kier molecular flexibility index (Phi) is 1.84. The van der Waals surface area contributed by atoms with Crippen LogP contribution >= 0.6 is 0 Å².